The van der Waals surface area contributed by atoms with Crippen LogP contribution in [0, 0.1) is 5.92 Å². The molecule has 0 radical (unpaired) electrons. The summed E-state index contributed by atoms with van der Waals surface area (Å²) in [6, 6.07) is 7.20. The van der Waals surface area contributed by atoms with Crippen LogP contribution >= 0.6 is 0 Å². The van der Waals surface area contributed by atoms with Crippen LogP contribution in [0.4, 0.5) is 14.6 Å². The smallest absolute Gasteiger partial charge is 0.297 e. The maximum absolute atomic E-state index is 13.0. The Morgan fingerprint density at radius 1 is 1.29 bits per heavy atom. The number of aromatic nitrogens is 2. The number of alkyl halides is 2. The molecule has 0 amide bonds. The van der Waals surface area contributed by atoms with Crippen LogP contribution in [0.25, 0.3) is 10.9 Å². The predicted molar refractivity (Wildman–Crippen MR) is 76.5 cm³/mol. The molecule has 21 heavy (non-hydrogen) atoms. The number of rotatable bonds is 3. The predicted octanol–water partition coefficient (Wildman–Crippen LogP) is 2.78. The van der Waals surface area contributed by atoms with Crippen LogP contribution in [0.15, 0.2) is 24.3 Å². The number of para-hydroxylation sites is 1. The van der Waals surface area contributed by atoms with Crippen LogP contribution in [0.5, 0.6) is 0 Å². The number of anilines is 1. The van der Waals surface area contributed by atoms with E-state index in [2.05, 4.69) is 9.97 Å². The second-order valence-corrected chi connectivity index (χ2v) is 5.36. The molecule has 1 fully saturated rings. The van der Waals surface area contributed by atoms with Crippen molar-refractivity contribution in [3.8, 4) is 0 Å². The van der Waals surface area contributed by atoms with E-state index in [4.69, 9.17) is 0 Å². The number of fused-ring (bicyclic) bond motifs is 1. The molecule has 2 heterocycles. The lowest BCUT2D eigenvalue weighted by atomic mass is 9.99. The molecule has 0 saturated carbocycles. The second-order valence-electron chi connectivity index (χ2n) is 5.36. The molecular weight excluding hydrogens is 276 g/mol. The quantitative estimate of drug-likeness (QED) is 0.945. The van der Waals surface area contributed by atoms with E-state index in [9.17, 15) is 13.9 Å². The Hall–Kier alpha value is -1.82. The summed E-state index contributed by atoms with van der Waals surface area (Å²) in [5.74, 6) is 0.284. The Morgan fingerprint density at radius 2 is 2.10 bits per heavy atom. The monoisotopic (exact) mass is 293 g/mol. The first-order valence-corrected chi connectivity index (χ1v) is 7.09. The van der Waals surface area contributed by atoms with E-state index < -0.39 is 12.2 Å². The normalized spacial score (nSPS) is 19.4. The zero-order valence-electron chi connectivity index (χ0n) is 11.5. The topological polar surface area (TPSA) is 49.2 Å². The fraction of sp³-hybridized carbons (Fsp3) is 0.467. The van der Waals surface area contributed by atoms with Gasteiger partial charge in [0.15, 0.2) is 5.82 Å². The molecule has 2 aromatic rings. The summed E-state index contributed by atoms with van der Waals surface area (Å²) in [5, 5.41) is 10.1. The van der Waals surface area contributed by atoms with Gasteiger partial charge in [0.25, 0.3) is 6.43 Å². The van der Waals surface area contributed by atoms with Crippen LogP contribution in [-0.2, 0) is 0 Å². The molecule has 0 unspecified atom stereocenters. The van der Waals surface area contributed by atoms with Gasteiger partial charge in [-0.3, -0.25) is 0 Å². The molecule has 3 rings (SSSR count). The van der Waals surface area contributed by atoms with Crippen LogP contribution in [0.2, 0.25) is 0 Å². The van der Waals surface area contributed by atoms with Crippen molar-refractivity contribution < 1.29 is 13.9 Å². The highest BCUT2D eigenvalue weighted by atomic mass is 19.3. The molecule has 1 aliphatic heterocycles. The summed E-state index contributed by atoms with van der Waals surface area (Å²) in [7, 11) is 0. The van der Waals surface area contributed by atoms with Gasteiger partial charge in [-0.25, -0.2) is 18.7 Å². The third-order valence-corrected chi connectivity index (χ3v) is 3.87. The molecule has 6 heteroatoms. The van der Waals surface area contributed by atoms with E-state index in [-0.39, 0.29) is 12.5 Å². The number of hydrogen-bond acceptors (Lipinski definition) is 4. The molecule has 0 spiro atoms. The largest absolute Gasteiger partial charge is 0.396 e. The molecule has 112 valence electrons. The SMILES string of the molecule is OC[C@H]1CCCN(c2nc(C(F)F)nc3ccccc23)C1. The number of benzene rings is 1. The standard InChI is InChI=1S/C15H17F2N3O/c16-13(17)14-18-12-6-2-1-5-11(12)15(19-14)20-7-3-4-10(8-20)9-21/h1-2,5-6,10,13,21H,3-4,7-9H2/t10-/m0/s1. The Labute approximate surface area is 121 Å². The molecule has 1 aromatic carbocycles. The van der Waals surface area contributed by atoms with Gasteiger partial charge in [0.2, 0.25) is 0 Å². The molecule has 4 nitrogen and oxygen atoms in total. The summed E-state index contributed by atoms with van der Waals surface area (Å²) in [5.41, 5.74) is 0.531. The molecule has 1 atom stereocenters. The summed E-state index contributed by atoms with van der Waals surface area (Å²) >= 11 is 0. The first-order chi connectivity index (χ1) is 10.2. The van der Waals surface area contributed by atoms with Crippen LogP contribution < -0.4 is 4.90 Å². The number of hydrogen-bond donors (Lipinski definition) is 1. The first kappa shape index (κ1) is 14.1. The van der Waals surface area contributed by atoms with E-state index in [1.165, 1.54) is 0 Å². The summed E-state index contributed by atoms with van der Waals surface area (Å²) in [6.45, 7) is 1.52. The van der Waals surface area contributed by atoms with Gasteiger partial charge >= 0.3 is 0 Å². The van der Waals surface area contributed by atoms with Gasteiger partial charge in [-0.05, 0) is 30.9 Å². The molecule has 0 bridgehead atoms. The molecule has 1 aromatic heterocycles. The minimum absolute atomic E-state index is 0.112. The van der Waals surface area contributed by atoms with E-state index in [1.807, 2.05) is 17.0 Å². The van der Waals surface area contributed by atoms with Gasteiger partial charge in [0.05, 0.1) is 5.52 Å². The zero-order chi connectivity index (χ0) is 14.8. The Balaban J connectivity index is 2.07. The lowest BCUT2D eigenvalue weighted by Crippen LogP contribution is -2.37. The minimum atomic E-state index is -2.69. The number of piperidine rings is 1. The van der Waals surface area contributed by atoms with Crippen molar-refractivity contribution in [3.05, 3.63) is 30.1 Å². The highest BCUT2D eigenvalue weighted by Gasteiger charge is 2.24. The molecule has 0 aliphatic carbocycles. The Morgan fingerprint density at radius 3 is 2.86 bits per heavy atom. The molecule has 1 N–H and O–H groups in total. The van der Waals surface area contributed by atoms with Crippen molar-refractivity contribution in [1.82, 2.24) is 9.97 Å². The van der Waals surface area contributed by atoms with Gasteiger partial charge in [-0.15, -0.1) is 0 Å². The lowest BCUT2D eigenvalue weighted by molar-refractivity contribution is 0.140. The maximum Gasteiger partial charge on any atom is 0.297 e. The van der Waals surface area contributed by atoms with Crippen LogP contribution in [0.3, 0.4) is 0 Å². The summed E-state index contributed by atoms with van der Waals surface area (Å²) < 4.78 is 26.0. The Kier molecular flexibility index (Phi) is 3.96. The average molecular weight is 293 g/mol. The van der Waals surface area contributed by atoms with Crippen molar-refractivity contribution in [3.63, 3.8) is 0 Å². The van der Waals surface area contributed by atoms with Crippen molar-refractivity contribution in [1.29, 1.82) is 0 Å². The fourth-order valence-corrected chi connectivity index (χ4v) is 2.82. The van der Waals surface area contributed by atoms with Crippen molar-refractivity contribution in [2.45, 2.75) is 19.3 Å². The van der Waals surface area contributed by atoms with E-state index in [0.717, 1.165) is 24.8 Å². The first-order valence-electron chi connectivity index (χ1n) is 7.09. The zero-order valence-corrected chi connectivity index (χ0v) is 11.5. The summed E-state index contributed by atoms with van der Waals surface area (Å²) in [6.07, 6.45) is -0.808. The van der Waals surface area contributed by atoms with Gasteiger partial charge < -0.3 is 10.0 Å². The van der Waals surface area contributed by atoms with Gasteiger partial charge in [0, 0.05) is 25.1 Å². The summed E-state index contributed by atoms with van der Waals surface area (Å²) in [4.78, 5) is 9.99. The molecule has 1 aliphatic rings. The molecule has 1 saturated heterocycles. The lowest BCUT2D eigenvalue weighted by Gasteiger charge is -2.33. The minimum Gasteiger partial charge on any atom is -0.396 e. The van der Waals surface area contributed by atoms with Crippen molar-refractivity contribution in [2.24, 2.45) is 5.92 Å². The fourth-order valence-electron chi connectivity index (χ4n) is 2.82. The number of nitrogens with zero attached hydrogens (tertiary/aromatic N) is 3. The van der Waals surface area contributed by atoms with E-state index >= 15 is 0 Å². The van der Waals surface area contributed by atoms with Crippen molar-refractivity contribution >= 4 is 16.7 Å². The van der Waals surface area contributed by atoms with Crippen LogP contribution in [-0.4, -0.2) is 34.8 Å². The highest BCUT2D eigenvalue weighted by Crippen LogP contribution is 2.30. The third kappa shape index (κ3) is 2.81. The van der Waals surface area contributed by atoms with E-state index in [0.29, 0.717) is 17.9 Å². The van der Waals surface area contributed by atoms with E-state index in [1.54, 1.807) is 12.1 Å². The maximum atomic E-state index is 13.0. The van der Waals surface area contributed by atoms with Gasteiger partial charge in [-0.2, -0.15) is 0 Å². The number of aliphatic hydroxyl groups excluding tert-OH is 1. The highest BCUT2D eigenvalue weighted by molar-refractivity contribution is 5.89. The van der Waals surface area contributed by atoms with Gasteiger partial charge in [-0.1, -0.05) is 12.1 Å². The molecular formula is C15H17F2N3O. The van der Waals surface area contributed by atoms with Gasteiger partial charge in [0.1, 0.15) is 5.82 Å². The Bertz CT molecular complexity index is 635. The number of halogens is 2. The van der Waals surface area contributed by atoms with Crippen molar-refractivity contribution in [2.75, 3.05) is 24.6 Å². The van der Waals surface area contributed by atoms with Crippen LogP contribution in [0.1, 0.15) is 25.1 Å². The number of aliphatic hydroxyl groups is 1. The third-order valence-electron chi connectivity index (χ3n) is 3.87. The average Bonchev–Trinajstić information content (AvgIpc) is 2.53. The second kappa shape index (κ2) is 5.89.